The maximum atomic E-state index is 11.6. The first-order valence-corrected chi connectivity index (χ1v) is 22.8. The van der Waals surface area contributed by atoms with Crippen molar-refractivity contribution in [3.63, 3.8) is 0 Å². The summed E-state index contributed by atoms with van der Waals surface area (Å²) in [4.78, 5) is 80.5. The molecule has 18 heteroatoms. The average Bonchev–Trinajstić information content (AvgIpc) is 3.09. The van der Waals surface area contributed by atoms with Gasteiger partial charge in [0.15, 0.2) is 0 Å². The minimum atomic E-state index is 0.171. The summed E-state index contributed by atoms with van der Waals surface area (Å²) in [7, 11) is 0. The monoisotopic (exact) mass is 1060 g/mol. The molecule has 0 aromatic rings. The molecule has 0 bridgehead atoms. The summed E-state index contributed by atoms with van der Waals surface area (Å²) in [6.07, 6.45) is 3.22. The molecule has 0 N–H and O–H groups in total. The van der Waals surface area contributed by atoms with Gasteiger partial charge in [-0.25, -0.2) is 0 Å². The van der Waals surface area contributed by atoms with Crippen LogP contribution in [-0.4, -0.2) is 175 Å². The highest BCUT2D eigenvalue weighted by Gasteiger charge is 2.25. The van der Waals surface area contributed by atoms with E-state index in [-0.39, 0.29) is 35.4 Å². The number of carbonyl (C=O) groups excluding carboxylic acids is 6. The second-order valence-electron chi connectivity index (χ2n) is 10.9. The molecular weight excluding hydrogens is 1020 g/mol. The third-order valence-corrected chi connectivity index (χ3v) is 10.2. The molecule has 0 aromatic carbocycles. The number of halogens is 6. The van der Waals surface area contributed by atoms with Crippen LogP contribution in [0.2, 0.25) is 0 Å². The molecule has 0 atom stereocenters. The normalized spacial score (nSPS) is 16.4. The Morgan fingerprint density at radius 1 is 0.271 bits per heavy atom. The molecule has 0 aromatic heterocycles. The Labute approximate surface area is 335 Å². The smallest absolute Gasteiger partial charge is 0.223 e. The van der Waals surface area contributed by atoms with Gasteiger partial charge in [0.2, 0.25) is 35.4 Å². The topological polar surface area (TPSA) is 122 Å². The van der Waals surface area contributed by atoms with E-state index in [1.54, 1.807) is 0 Å². The zero-order valence-electron chi connectivity index (χ0n) is 27.4. The molecule has 48 heavy (non-hydrogen) atoms. The molecule has 6 amide bonds. The molecular formula is C30H48Br6N6O6. The van der Waals surface area contributed by atoms with Crippen LogP contribution in [-0.2, 0) is 28.8 Å². The van der Waals surface area contributed by atoms with E-state index in [9.17, 15) is 28.8 Å². The molecule has 3 aliphatic heterocycles. The molecule has 276 valence electrons. The van der Waals surface area contributed by atoms with Crippen molar-refractivity contribution in [2.24, 2.45) is 0 Å². The number of alkyl halides is 6. The minimum Gasteiger partial charge on any atom is -0.339 e. The molecule has 3 rings (SSSR count). The molecule has 12 nitrogen and oxygen atoms in total. The lowest BCUT2D eigenvalue weighted by Gasteiger charge is -2.34. The molecule has 3 saturated heterocycles. The van der Waals surface area contributed by atoms with Crippen LogP contribution >= 0.6 is 95.6 Å². The zero-order chi connectivity index (χ0) is 35.9. The lowest BCUT2D eigenvalue weighted by Crippen LogP contribution is -2.50. The summed E-state index contributed by atoms with van der Waals surface area (Å²) in [5.74, 6) is 1.02. The number of hydrogen-bond acceptors (Lipinski definition) is 6. The van der Waals surface area contributed by atoms with Crippen molar-refractivity contribution in [2.45, 2.75) is 38.5 Å². The van der Waals surface area contributed by atoms with Crippen LogP contribution in [0.3, 0.4) is 0 Å². The van der Waals surface area contributed by atoms with E-state index in [2.05, 4.69) is 95.6 Å². The van der Waals surface area contributed by atoms with Crippen molar-refractivity contribution in [3.8, 4) is 0 Å². The number of amides is 6. The van der Waals surface area contributed by atoms with Gasteiger partial charge in [-0.2, -0.15) is 0 Å². The third kappa shape index (κ3) is 17.8. The van der Waals surface area contributed by atoms with Gasteiger partial charge in [0.25, 0.3) is 0 Å². The highest BCUT2D eigenvalue weighted by molar-refractivity contribution is 9.10. The summed E-state index contributed by atoms with van der Waals surface area (Å²) >= 11 is 19.5. The minimum absolute atomic E-state index is 0.171. The lowest BCUT2D eigenvalue weighted by atomic mass is 10.2. The van der Waals surface area contributed by atoms with Crippen molar-refractivity contribution in [1.29, 1.82) is 0 Å². The van der Waals surface area contributed by atoms with Gasteiger partial charge in [0, 0.05) is 149 Å². The molecule has 3 aliphatic rings. The Balaban J connectivity index is 0.000000360. The zero-order valence-corrected chi connectivity index (χ0v) is 36.9. The van der Waals surface area contributed by atoms with Crippen molar-refractivity contribution in [3.05, 3.63) is 0 Å². The number of rotatable bonds is 12. The Morgan fingerprint density at radius 3 is 0.458 bits per heavy atom. The Hall–Kier alpha value is -0.300. The predicted octanol–water partition coefficient (Wildman–Crippen LogP) is 3.68. The van der Waals surface area contributed by atoms with E-state index in [0.29, 0.717) is 149 Å². The number of hydrogen-bond donors (Lipinski definition) is 0. The maximum absolute atomic E-state index is 11.6. The van der Waals surface area contributed by atoms with Gasteiger partial charge in [-0.05, 0) is 0 Å². The van der Waals surface area contributed by atoms with Gasteiger partial charge in [0.1, 0.15) is 0 Å². The third-order valence-electron chi connectivity index (χ3n) is 7.81. The quantitative estimate of drug-likeness (QED) is 0.276. The standard InChI is InChI=1S/3C10H16Br2N2O2/c3*11-3-1-9(15)13-5-7-14(8-6-13)10(16)2-4-12/h3*1-8H2. The van der Waals surface area contributed by atoms with E-state index in [0.717, 1.165) is 0 Å². The molecule has 0 aliphatic carbocycles. The van der Waals surface area contributed by atoms with Crippen molar-refractivity contribution < 1.29 is 28.8 Å². The Bertz CT molecular complexity index is 805. The van der Waals surface area contributed by atoms with Gasteiger partial charge >= 0.3 is 0 Å². The fourth-order valence-electron chi connectivity index (χ4n) is 5.05. The molecule has 0 radical (unpaired) electrons. The molecule has 0 saturated carbocycles. The summed E-state index contributed by atoms with van der Waals surface area (Å²) in [6.45, 7) is 8.00. The molecule has 3 fully saturated rings. The van der Waals surface area contributed by atoms with E-state index in [4.69, 9.17) is 0 Å². The number of carbonyl (C=O) groups is 6. The van der Waals surface area contributed by atoms with E-state index >= 15 is 0 Å². The first-order valence-electron chi connectivity index (χ1n) is 16.1. The average molecular weight is 1070 g/mol. The van der Waals surface area contributed by atoms with Crippen LogP contribution in [0.25, 0.3) is 0 Å². The fourth-order valence-corrected chi connectivity index (χ4v) is 7.08. The van der Waals surface area contributed by atoms with Crippen LogP contribution in [0.15, 0.2) is 0 Å². The summed E-state index contributed by atoms with van der Waals surface area (Å²) < 4.78 is 0. The largest absolute Gasteiger partial charge is 0.339 e. The van der Waals surface area contributed by atoms with Crippen molar-refractivity contribution in [2.75, 3.05) is 111 Å². The Kier molecular flexibility index (Phi) is 26.1. The highest BCUT2D eigenvalue weighted by Crippen LogP contribution is 2.09. The second-order valence-corrected chi connectivity index (χ2v) is 15.7. The van der Waals surface area contributed by atoms with E-state index < -0.39 is 0 Å². The van der Waals surface area contributed by atoms with Gasteiger partial charge in [-0.3, -0.25) is 28.8 Å². The first kappa shape index (κ1) is 45.7. The van der Waals surface area contributed by atoms with Crippen LogP contribution in [0.1, 0.15) is 38.5 Å². The summed E-state index contributed by atoms with van der Waals surface area (Å²) in [5, 5.41) is 4.22. The van der Waals surface area contributed by atoms with Crippen molar-refractivity contribution in [1.82, 2.24) is 29.4 Å². The summed E-state index contributed by atoms with van der Waals surface area (Å²) in [6, 6.07) is 0. The molecule has 0 spiro atoms. The van der Waals surface area contributed by atoms with E-state index in [1.165, 1.54) is 0 Å². The Morgan fingerprint density at radius 2 is 0.375 bits per heavy atom. The molecule has 3 heterocycles. The van der Waals surface area contributed by atoms with Gasteiger partial charge in [-0.1, -0.05) is 95.6 Å². The first-order chi connectivity index (χ1) is 23.1. The van der Waals surface area contributed by atoms with Gasteiger partial charge in [0.05, 0.1) is 0 Å². The highest BCUT2D eigenvalue weighted by atomic mass is 79.9. The SMILES string of the molecule is O=C(CCBr)N1CCN(C(=O)CCBr)CC1.O=C(CCBr)N1CCN(C(=O)CCBr)CC1.O=C(CCBr)N1CCN(C(=O)CCBr)CC1. The second kappa shape index (κ2) is 27.4. The number of nitrogens with zero attached hydrogens (tertiary/aromatic N) is 6. The predicted molar refractivity (Wildman–Crippen MR) is 210 cm³/mol. The van der Waals surface area contributed by atoms with Crippen LogP contribution in [0.4, 0.5) is 0 Å². The van der Waals surface area contributed by atoms with Crippen LogP contribution < -0.4 is 0 Å². The molecule has 0 unspecified atom stereocenters. The van der Waals surface area contributed by atoms with Crippen LogP contribution in [0, 0.1) is 0 Å². The van der Waals surface area contributed by atoms with Gasteiger partial charge < -0.3 is 29.4 Å². The fraction of sp³-hybridized carbons (Fsp3) is 0.800. The lowest BCUT2D eigenvalue weighted by molar-refractivity contribution is -0.139. The maximum Gasteiger partial charge on any atom is 0.223 e. The van der Waals surface area contributed by atoms with Gasteiger partial charge in [-0.15, -0.1) is 0 Å². The number of piperazine rings is 3. The summed E-state index contributed by atoms with van der Waals surface area (Å²) in [5.41, 5.74) is 0. The van der Waals surface area contributed by atoms with Crippen molar-refractivity contribution >= 4 is 131 Å². The van der Waals surface area contributed by atoms with E-state index in [1.807, 2.05) is 29.4 Å². The van der Waals surface area contributed by atoms with Crippen LogP contribution in [0.5, 0.6) is 0 Å².